The van der Waals surface area contributed by atoms with E-state index < -0.39 is 12.0 Å². The molecule has 1 aliphatic heterocycles. The first-order chi connectivity index (χ1) is 17.4. The van der Waals surface area contributed by atoms with Gasteiger partial charge in [-0.3, -0.25) is 24.1 Å². The molecule has 1 heterocycles. The van der Waals surface area contributed by atoms with Crippen molar-refractivity contribution in [1.29, 1.82) is 0 Å². The summed E-state index contributed by atoms with van der Waals surface area (Å²) in [5.74, 6) is -1.12. The number of nitrogens with zero attached hydrogens (tertiary/aromatic N) is 2. The van der Waals surface area contributed by atoms with Crippen LogP contribution in [0.25, 0.3) is 0 Å². The first-order valence-electron chi connectivity index (χ1n) is 12.2. The van der Waals surface area contributed by atoms with Crippen molar-refractivity contribution in [3.63, 3.8) is 0 Å². The third-order valence-electron chi connectivity index (χ3n) is 5.49. The Morgan fingerprint density at radius 2 is 1.70 bits per heavy atom. The number of carbonyl (C=O) groups excluding carboxylic acids is 4. The minimum atomic E-state index is -1.02. The fourth-order valence-electron chi connectivity index (χ4n) is 2.98. The van der Waals surface area contributed by atoms with E-state index >= 15 is 0 Å². The molecule has 0 aromatic rings. The maximum atomic E-state index is 12.2. The maximum Gasteiger partial charge on any atom is 0.326 e. The third kappa shape index (κ3) is 13.9. The van der Waals surface area contributed by atoms with Crippen molar-refractivity contribution < 1.29 is 38.6 Å². The lowest BCUT2D eigenvalue weighted by Gasteiger charge is -2.26. The Hall–Kier alpha value is -2.09. The van der Waals surface area contributed by atoms with Gasteiger partial charge in [0.25, 0.3) is 11.8 Å². The zero-order valence-electron chi connectivity index (χ0n) is 22.0. The molecule has 1 rings (SSSR count). The maximum absolute atomic E-state index is 12.2. The molecule has 0 aliphatic carbocycles. The van der Waals surface area contributed by atoms with Crippen LogP contribution in [0.2, 0.25) is 0 Å². The summed E-state index contributed by atoms with van der Waals surface area (Å²) in [4.78, 5) is 60.3. The number of carbonyl (C=O) groups is 5. The van der Waals surface area contributed by atoms with Crippen LogP contribution in [0.3, 0.4) is 0 Å². The molecule has 0 unspecified atom stereocenters. The zero-order chi connectivity index (χ0) is 27.8. The molecule has 0 saturated carbocycles. The standard InChI is InChI=1S/C24H39N3O8S2/c1-18(23(32)33)26(4)20(29)9-10-24(2,3)37-36-17-5-6-19(28)25-11-13-34-15-16-35-14-12-27-21(30)7-8-22(27)31/h7-8,18H,5-6,9-17H2,1-4H3,(H,25,28)(H,32,33)/t18-/m0/s1. The van der Waals surface area contributed by atoms with E-state index in [0.29, 0.717) is 39.2 Å². The summed E-state index contributed by atoms with van der Waals surface area (Å²) in [5.41, 5.74) is 0. The second-order valence-corrected chi connectivity index (χ2v) is 12.1. The monoisotopic (exact) mass is 561 g/mol. The zero-order valence-corrected chi connectivity index (χ0v) is 23.7. The number of amides is 4. The van der Waals surface area contributed by atoms with Crippen molar-refractivity contribution in [2.75, 3.05) is 52.3 Å². The van der Waals surface area contributed by atoms with Gasteiger partial charge in [0.2, 0.25) is 11.8 Å². The molecule has 0 saturated heterocycles. The highest BCUT2D eigenvalue weighted by molar-refractivity contribution is 8.77. The Balaban J connectivity index is 1.98. The van der Waals surface area contributed by atoms with E-state index in [-0.39, 0.29) is 47.9 Å². The van der Waals surface area contributed by atoms with Gasteiger partial charge in [0.15, 0.2) is 0 Å². The smallest absolute Gasteiger partial charge is 0.326 e. The lowest BCUT2D eigenvalue weighted by molar-refractivity contribution is -0.148. The van der Waals surface area contributed by atoms with Gasteiger partial charge >= 0.3 is 5.97 Å². The van der Waals surface area contributed by atoms with Crippen LogP contribution < -0.4 is 5.32 Å². The molecule has 1 atom stereocenters. The van der Waals surface area contributed by atoms with Gasteiger partial charge in [-0.1, -0.05) is 21.6 Å². The number of likely N-dealkylation sites (N-methyl/N-ethyl adjacent to an activating group) is 1. The largest absolute Gasteiger partial charge is 0.480 e. The number of carboxylic acid groups (broad SMARTS) is 1. The molecule has 1 aliphatic rings. The Bertz CT molecular complexity index is 804. The molecule has 13 heteroatoms. The van der Waals surface area contributed by atoms with Crippen LogP contribution >= 0.6 is 21.6 Å². The summed E-state index contributed by atoms with van der Waals surface area (Å²) in [5, 5.41) is 11.8. The second kappa shape index (κ2) is 17.4. The average molecular weight is 562 g/mol. The number of rotatable bonds is 20. The molecular formula is C24H39N3O8S2. The lowest BCUT2D eigenvalue weighted by atomic mass is 10.1. The van der Waals surface area contributed by atoms with E-state index in [9.17, 15) is 24.0 Å². The number of ether oxygens (including phenoxy) is 2. The summed E-state index contributed by atoms with van der Waals surface area (Å²) in [6, 6.07) is -0.847. The predicted octanol–water partition coefficient (Wildman–Crippen LogP) is 1.71. The number of imide groups is 1. The normalized spacial score (nSPS) is 14.2. The van der Waals surface area contributed by atoms with Crippen LogP contribution in [-0.4, -0.2) is 108 Å². The number of aliphatic carboxylic acids is 1. The van der Waals surface area contributed by atoms with Crippen molar-refractivity contribution in [3.8, 4) is 0 Å². The Morgan fingerprint density at radius 3 is 2.32 bits per heavy atom. The molecule has 0 aromatic heterocycles. The second-order valence-electron chi connectivity index (χ2n) is 9.02. The van der Waals surface area contributed by atoms with Crippen molar-refractivity contribution >= 4 is 51.2 Å². The van der Waals surface area contributed by atoms with E-state index in [0.717, 1.165) is 17.1 Å². The fourth-order valence-corrected chi connectivity index (χ4v) is 5.64. The molecule has 210 valence electrons. The van der Waals surface area contributed by atoms with Gasteiger partial charge in [0.1, 0.15) is 6.04 Å². The first kappa shape index (κ1) is 32.9. The minimum Gasteiger partial charge on any atom is -0.480 e. The predicted molar refractivity (Wildman–Crippen MR) is 143 cm³/mol. The summed E-state index contributed by atoms with van der Waals surface area (Å²) < 4.78 is 10.6. The third-order valence-corrected chi connectivity index (χ3v) is 8.92. The van der Waals surface area contributed by atoms with Crippen LogP contribution in [0.4, 0.5) is 0 Å². The molecule has 2 N–H and O–H groups in total. The van der Waals surface area contributed by atoms with Crippen molar-refractivity contribution in [1.82, 2.24) is 15.1 Å². The summed E-state index contributed by atoms with van der Waals surface area (Å²) >= 11 is 0. The summed E-state index contributed by atoms with van der Waals surface area (Å²) in [6.45, 7) is 7.47. The van der Waals surface area contributed by atoms with Gasteiger partial charge in [0, 0.05) is 49.1 Å². The first-order valence-corrected chi connectivity index (χ1v) is 14.5. The van der Waals surface area contributed by atoms with Crippen LogP contribution in [0.1, 0.15) is 46.5 Å². The van der Waals surface area contributed by atoms with Crippen LogP contribution in [0, 0.1) is 0 Å². The number of nitrogens with one attached hydrogen (secondary N) is 1. The highest BCUT2D eigenvalue weighted by atomic mass is 33.1. The van der Waals surface area contributed by atoms with Crippen LogP contribution in [-0.2, 0) is 33.4 Å². The van der Waals surface area contributed by atoms with Crippen molar-refractivity contribution in [3.05, 3.63) is 12.2 Å². The Labute approximate surface area is 226 Å². The van der Waals surface area contributed by atoms with Gasteiger partial charge in [-0.25, -0.2) is 4.79 Å². The lowest BCUT2D eigenvalue weighted by Crippen LogP contribution is -2.40. The SMILES string of the molecule is C[C@@H](C(=O)O)N(C)C(=O)CCC(C)(C)SSCCCC(=O)NCCOCCOCCN1C(=O)C=CC1=O. The Morgan fingerprint density at radius 1 is 1.08 bits per heavy atom. The molecule has 0 spiro atoms. The molecular weight excluding hydrogens is 522 g/mol. The number of carboxylic acids is 1. The number of hydrogen-bond acceptors (Lipinski definition) is 9. The molecule has 11 nitrogen and oxygen atoms in total. The minimum absolute atomic E-state index is 0.0422. The Kier molecular flexibility index (Phi) is 15.5. The quantitative estimate of drug-likeness (QED) is 0.128. The van der Waals surface area contributed by atoms with Gasteiger partial charge in [0.05, 0.1) is 33.0 Å². The fraction of sp³-hybridized carbons (Fsp3) is 0.708. The van der Waals surface area contributed by atoms with Gasteiger partial charge < -0.3 is 24.8 Å². The van der Waals surface area contributed by atoms with E-state index in [1.54, 1.807) is 21.6 Å². The summed E-state index contributed by atoms with van der Waals surface area (Å²) in [6.07, 6.45) is 4.52. The van der Waals surface area contributed by atoms with E-state index in [4.69, 9.17) is 14.6 Å². The van der Waals surface area contributed by atoms with E-state index in [1.165, 1.54) is 31.0 Å². The molecule has 37 heavy (non-hydrogen) atoms. The van der Waals surface area contributed by atoms with Gasteiger partial charge in [-0.2, -0.15) is 0 Å². The molecule has 0 fully saturated rings. The van der Waals surface area contributed by atoms with E-state index in [1.807, 2.05) is 13.8 Å². The van der Waals surface area contributed by atoms with Crippen LogP contribution in [0.5, 0.6) is 0 Å². The molecule has 0 bridgehead atoms. The van der Waals surface area contributed by atoms with E-state index in [2.05, 4.69) is 5.32 Å². The van der Waals surface area contributed by atoms with Crippen LogP contribution in [0.15, 0.2) is 12.2 Å². The van der Waals surface area contributed by atoms with Crippen molar-refractivity contribution in [2.45, 2.75) is 57.2 Å². The topological polar surface area (TPSA) is 143 Å². The molecule has 0 radical (unpaired) electrons. The van der Waals surface area contributed by atoms with Gasteiger partial charge in [-0.05, 0) is 33.6 Å². The summed E-state index contributed by atoms with van der Waals surface area (Å²) in [7, 11) is 4.83. The average Bonchev–Trinajstić information content (AvgIpc) is 3.17. The van der Waals surface area contributed by atoms with Gasteiger partial charge in [-0.15, -0.1) is 0 Å². The molecule has 0 aromatic carbocycles. The van der Waals surface area contributed by atoms with Crippen molar-refractivity contribution in [2.24, 2.45) is 0 Å². The highest BCUT2D eigenvalue weighted by Crippen LogP contribution is 2.39. The highest BCUT2D eigenvalue weighted by Gasteiger charge is 2.25. The molecule has 4 amide bonds. The number of hydrogen-bond donors (Lipinski definition) is 2.